The fourth-order valence-electron chi connectivity index (χ4n) is 3.15. The van der Waals surface area contributed by atoms with Crippen molar-refractivity contribution in [3.63, 3.8) is 0 Å². The lowest BCUT2D eigenvalue weighted by Crippen LogP contribution is -2.27. The van der Waals surface area contributed by atoms with E-state index >= 15 is 0 Å². The van der Waals surface area contributed by atoms with Gasteiger partial charge in [-0.15, -0.1) is 0 Å². The Hall–Kier alpha value is -2.11. The zero-order chi connectivity index (χ0) is 20.5. The number of thiocarbonyl (C=S) groups is 1. The average molecular weight is 426 g/mol. The minimum Gasteiger partial charge on any atom is -0.494 e. The lowest BCUT2D eigenvalue weighted by atomic mass is 10.1. The van der Waals surface area contributed by atoms with Crippen LogP contribution in [-0.4, -0.2) is 16.8 Å². The molecular formula is C24H27NO2S2. The van der Waals surface area contributed by atoms with Gasteiger partial charge in [0.1, 0.15) is 5.75 Å². The smallest absolute Gasteiger partial charge is 0.270 e. The topological polar surface area (TPSA) is 29.5 Å². The second kappa shape index (κ2) is 11.2. The van der Waals surface area contributed by atoms with Crippen LogP contribution in [-0.2, 0) is 4.79 Å². The van der Waals surface area contributed by atoms with Gasteiger partial charge in [-0.1, -0.05) is 93.3 Å². The maximum Gasteiger partial charge on any atom is 0.270 e. The van der Waals surface area contributed by atoms with Gasteiger partial charge in [0.15, 0.2) is 4.32 Å². The summed E-state index contributed by atoms with van der Waals surface area (Å²) in [7, 11) is 0. The third-order valence-corrected chi connectivity index (χ3v) is 6.05. The number of carbonyl (C=O) groups is 1. The van der Waals surface area contributed by atoms with E-state index in [0.29, 0.717) is 9.23 Å². The Morgan fingerprint density at radius 1 is 0.966 bits per heavy atom. The number of hydrogen-bond acceptors (Lipinski definition) is 4. The Balaban J connectivity index is 1.53. The first-order valence-electron chi connectivity index (χ1n) is 10.2. The standard InChI is InChI=1S/C24H27NO2S2/c1-2-3-4-5-6-10-17-27-21-15-13-19(14-16-21)18-22-23(26)25(24(28)29-22)20-11-8-7-9-12-20/h7-9,11-16,18H,2-6,10,17H2,1H3/b22-18-. The number of hydrogen-bond donors (Lipinski definition) is 0. The van der Waals surface area contributed by atoms with Crippen LogP contribution in [0.3, 0.4) is 0 Å². The zero-order valence-electron chi connectivity index (χ0n) is 16.8. The molecule has 1 heterocycles. The summed E-state index contributed by atoms with van der Waals surface area (Å²) in [5, 5.41) is 0. The summed E-state index contributed by atoms with van der Waals surface area (Å²) in [5.74, 6) is 0.794. The first kappa shape index (κ1) is 21.6. The minimum atomic E-state index is -0.0744. The van der Waals surface area contributed by atoms with Crippen LogP contribution in [0.25, 0.3) is 6.08 Å². The van der Waals surface area contributed by atoms with Crippen molar-refractivity contribution in [2.75, 3.05) is 11.5 Å². The van der Waals surface area contributed by atoms with Crippen molar-refractivity contribution in [2.45, 2.75) is 45.4 Å². The van der Waals surface area contributed by atoms with E-state index in [9.17, 15) is 4.79 Å². The van der Waals surface area contributed by atoms with E-state index in [-0.39, 0.29) is 5.91 Å². The quantitative estimate of drug-likeness (QED) is 0.237. The highest BCUT2D eigenvalue weighted by atomic mass is 32.2. The lowest BCUT2D eigenvalue weighted by Gasteiger charge is -2.13. The summed E-state index contributed by atoms with van der Waals surface area (Å²) in [6.07, 6.45) is 9.42. The first-order valence-corrected chi connectivity index (χ1v) is 11.5. The van der Waals surface area contributed by atoms with Gasteiger partial charge in [0.05, 0.1) is 17.2 Å². The largest absolute Gasteiger partial charge is 0.494 e. The SMILES string of the molecule is CCCCCCCCOc1ccc(/C=C2\SC(=S)N(c3ccccc3)C2=O)cc1. The molecule has 0 atom stereocenters. The minimum absolute atomic E-state index is 0.0744. The van der Waals surface area contributed by atoms with Crippen molar-refractivity contribution >= 4 is 46.0 Å². The number of nitrogens with zero attached hydrogens (tertiary/aromatic N) is 1. The molecule has 0 spiro atoms. The third-order valence-electron chi connectivity index (χ3n) is 4.75. The predicted octanol–water partition coefficient (Wildman–Crippen LogP) is 6.83. The van der Waals surface area contributed by atoms with Crippen LogP contribution in [0.15, 0.2) is 59.5 Å². The number of para-hydroxylation sites is 1. The van der Waals surface area contributed by atoms with E-state index in [2.05, 4.69) is 6.92 Å². The monoisotopic (exact) mass is 425 g/mol. The van der Waals surface area contributed by atoms with E-state index in [1.54, 1.807) is 4.90 Å². The Kier molecular flexibility index (Phi) is 8.32. The van der Waals surface area contributed by atoms with Crippen LogP contribution in [0.1, 0.15) is 51.0 Å². The van der Waals surface area contributed by atoms with Gasteiger partial charge < -0.3 is 4.74 Å². The van der Waals surface area contributed by atoms with Gasteiger partial charge in [0.2, 0.25) is 0 Å². The second-order valence-electron chi connectivity index (χ2n) is 7.04. The van der Waals surface area contributed by atoms with E-state index in [1.165, 1.54) is 43.9 Å². The van der Waals surface area contributed by atoms with Crippen LogP contribution in [0, 0.1) is 0 Å². The van der Waals surface area contributed by atoms with Gasteiger partial charge >= 0.3 is 0 Å². The fraction of sp³-hybridized carbons (Fsp3) is 0.333. The highest BCUT2D eigenvalue weighted by Crippen LogP contribution is 2.36. The number of amides is 1. The molecule has 0 aliphatic carbocycles. The molecule has 0 radical (unpaired) electrons. The van der Waals surface area contributed by atoms with Gasteiger partial charge in [0.25, 0.3) is 5.91 Å². The molecule has 2 aromatic rings. The third kappa shape index (κ3) is 6.18. The maximum atomic E-state index is 12.8. The molecule has 3 nitrogen and oxygen atoms in total. The number of benzene rings is 2. The molecule has 5 heteroatoms. The Bertz CT molecular complexity index is 847. The summed E-state index contributed by atoms with van der Waals surface area (Å²) in [6.45, 7) is 2.98. The number of carbonyl (C=O) groups excluding carboxylic acids is 1. The van der Waals surface area contributed by atoms with Crippen molar-refractivity contribution < 1.29 is 9.53 Å². The van der Waals surface area contributed by atoms with E-state index in [0.717, 1.165) is 30.0 Å². The molecule has 2 aromatic carbocycles. The molecule has 1 aliphatic rings. The number of rotatable bonds is 10. The molecule has 0 aromatic heterocycles. The lowest BCUT2D eigenvalue weighted by molar-refractivity contribution is -0.113. The molecule has 0 N–H and O–H groups in total. The summed E-state index contributed by atoms with van der Waals surface area (Å²) < 4.78 is 6.39. The molecular weight excluding hydrogens is 398 g/mol. The molecule has 1 amide bonds. The number of unbranched alkanes of at least 4 members (excludes halogenated alkanes) is 5. The van der Waals surface area contributed by atoms with Crippen LogP contribution >= 0.6 is 24.0 Å². The van der Waals surface area contributed by atoms with Crippen molar-refractivity contribution in [2.24, 2.45) is 0 Å². The summed E-state index contributed by atoms with van der Waals surface area (Å²) in [4.78, 5) is 15.0. The second-order valence-corrected chi connectivity index (χ2v) is 8.71. The normalized spacial score (nSPS) is 15.3. The van der Waals surface area contributed by atoms with Crippen molar-refractivity contribution in [1.82, 2.24) is 0 Å². The average Bonchev–Trinajstić information content (AvgIpc) is 3.02. The molecule has 1 fully saturated rings. The molecule has 29 heavy (non-hydrogen) atoms. The van der Waals surface area contributed by atoms with Crippen LogP contribution in [0.2, 0.25) is 0 Å². The molecule has 0 bridgehead atoms. The number of anilines is 1. The van der Waals surface area contributed by atoms with Gasteiger partial charge in [-0.25, -0.2) is 0 Å². The molecule has 1 aliphatic heterocycles. The first-order chi connectivity index (χ1) is 14.2. The molecule has 0 unspecified atom stereocenters. The number of ether oxygens (including phenoxy) is 1. The maximum absolute atomic E-state index is 12.8. The molecule has 152 valence electrons. The Morgan fingerprint density at radius 2 is 1.66 bits per heavy atom. The van der Waals surface area contributed by atoms with Crippen molar-refractivity contribution in [3.8, 4) is 5.75 Å². The van der Waals surface area contributed by atoms with E-state index in [4.69, 9.17) is 17.0 Å². The van der Waals surface area contributed by atoms with Gasteiger partial charge in [-0.05, 0) is 42.3 Å². The van der Waals surface area contributed by atoms with Crippen LogP contribution in [0.4, 0.5) is 5.69 Å². The van der Waals surface area contributed by atoms with Crippen LogP contribution < -0.4 is 9.64 Å². The highest BCUT2D eigenvalue weighted by Gasteiger charge is 2.33. The Morgan fingerprint density at radius 3 is 2.38 bits per heavy atom. The summed E-state index contributed by atoms with van der Waals surface area (Å²) >= 11 is 6.75. The van der Waals surface area contributed by atoms with E-state index < -0.39 is 0 Å². The molecule has 0 saturated carbocycles. The van der Waals surface area contributed by atoms with Gasteiger partial charge in [-0.2, -0.15) is 0 Å². The highest BCUT2D eigenvalue weighted by molar-refractivity contribution is 8.27. The predicted molar refractivity (Wildman–Crippen MR) is 127 cm³/mol. The molecule has 1 saturated heterocycles. The van der Waals surface area contributed by atoms with Crippen molar-refractivity contribution in [3.05, 3.63) is 65.1 Å². The number of thioether (sulfide) groups is 1. The summed E-state index contributed by atoms with van der Waals surface area (Å²) in [5.41, 5.74) is 1.77. The zero-order valence-corrected chi connectivity index (χ0v) is 18.4. The van der Waals surface area contributed by atoms with E-state index in [1.807, 2.05) is 60.7 Å². The Labute approximate surface area is 183 Å². The fourth-order valence-corrected chi connectivity index (χ4v) is 4.45. The summed E-state index contributed by atoms with van der Waals surface area (Å²) in [6, 6.07) is 17.4. The van der Waals surface area contributed by atoms with Gasteiger partial charge in [0, 0.05) is 0 Å². The van der Waals surface area contributed by atoms with Crippen molar-refractivity contribution in [1.29, 1.82) is 0 Å². The van der Waals surface area contributed by atoms with Crippen LogP contribution in [0.5, 0.6) is 5.75 Å². The van der Waals surface area contributed by atoms with Gasteiger partial charge in [-0.3, -0.25) is 9.69 Å². The molecule has 3 rings (SSSR count).